The van der Waals surface area contributed by atoms with Gasteiger partial charge in [0, 0.05) is 38.0 Å². The van der Waals surface area contributed by atoms with Crippen molar-refractivity contribution in [1.82, 2.24) is 9.21 Å². The average Bonchev–Trinajstić information content (AvgIpc) is 3.03. The van der Waals surface area contributed by atoms with E-state index in [0.717, 1.165) is 42.4 Å². The van der Waals surface area contributed by atoms with Crippen molar-refractivity contribution in [2.45, 2.75) is 17.4 Å². The van der Waals surface area contributed by atoms with Crippen LogP contribution in [0.4, 0.5) is 0 Å². The van der Waals surface area contributed by atoms with Crippen LogP contribution in [0.15, 0.2) is 16.3 Å². The zero-order valence-corrected chi connectivity index (χ0v) is 17.2. The lowest BCUT2D eigenvalue weighted by Crippen LogP contribution is -2.50. The number of nitrogens with zero attached hydrogens (tertiary/aromatic N) is 2. The van der Waals surface area contributed by atoms with Crippen LogP contribution in [0.3, 0.4) is 0 Å². The van der Waals surface area contributed by atoms with Crippen LogP contribution in [-0.4, -0.2) is 87.6 Å². The molecule has 3 rings (SSSR count). The van der Waals surface area contributed by atoms with Crippen molar-refractivity contribution >= 4 is 39.1 Å². The Bertz CT molecular complexity index is 715. The fourth-order valence-electron chi connectivity index (χ4n) is 3.22. The SMILES string of the molecule is COC(=O)c1sccc1S(=O)(=O)N1CCCSCC1CN1CCOCC1. The van der Waals surface area contributed by atoms with Gasteiger partial charge in [0.05, 0.1) is 20.3 Å². The molecule has 146 valence electrons. The Labute approximate surface area is 162 Å². The third-order valence-corrected chi connectivity index (χ3v) is 8.76. The number of carbonyl (C=O) groups excluding carboxylic acids is 1. The van der Waals surface area contributed by atoms with Gasteiger partial charge in [0.15, 0.2) is 0 Å². The Balaban J connectivity index is 1.86. The van der Waals surface area contributed by atoms with Crippen LogP contribution in [0.2, 0.25) is 0 Å². The van der Waals surface area contributed by atoms with Gasteiger partial charge in [0.1, 0.15) is 9.77 Å². The van der Waals surface area contributed by atoms with Crippen LogP contribution in [0, 0.1) is 0 Å². The minimum Gasteiger partial charge on any atom is -0.465 e. The van der Waals surface area contributed by atoms with Crippen molar-refractivity contribution in [3.8, 4) is 0 Å². The van der Waals surface area contributed by atoms with Crippen molar-refractivity contribution in [2.75, 3.05) is 58.0 Å². The molecule has 0 aromatic carbocycles. The molecule has 26 heavy (non-hydrogen) atoms. The second kappa shape index (κ2) is 9.03. The molecule has 3 heterocycles. The van der Waals surface area contributed by atoms with Crippen molar-refractivity contribution in [2.24, 2.45) is 0 Å². The van der Waals surface area contributed by atoms with E-state index in [1.807, 2.05) is 0 Å². The van der Waals surface area contributed by atoms with Crippen molar-refractivity contribution in [1.29, 1.82) is 0 Å². The molecule has 0 N–H and O–H groups in total. The molecule has 2 fully saturated rings. The second-order valence-corrected chi connectivity index (χ2v) is 10.1. The number of morpholine rings is 1. The van der Waals surface area contributed by atoms with Crippen LogP contribution in [-0.2, 0) is 19.5 Å². The molecule has 0 bridgehead atoms. The standard InChI is InChI=1S/C16H24N2O5S3/c1-22-16(19)15-14(3-10-25-15)26(20,21)18-4-2-9-24-12-13(18)11-17-5-7-23-8-6-17/h3,10,13H,2,4-9,11-12H2,1H3. The lowest BCUT2D eigenvalue weighted by molar-refractivity contribution is 0.0309. The van der Waals surface area contributed by atoms with E-state index in [-0.39, 0.29) is 15.8 Å². The fraction of sp³-hybridized carbons (Fsp3) is 0.688. The maximum absolute atomic E-state index is 13.4. The molecule has 0 spiro atoms. The second-order valence-electron chi connectivity index (χ2n) is 6.22. The molecule has 7 nitrogen and oxygen atoms in total. The van der Waals surface area contributed by atoms with E-state index < -0.39 is 16.0 Å². The lowest BCUT2D eigenvalue weighted by Gasteiger charge is -2.35. The van der Waals surface area contributed by atoms with Crippen LogP contribution >= 0.6 is 23.1 Å². The van der Waals surface area contributed by atoms with Gasteiger partial charge in [-0.3, -0.25) is 4.90 Å². The van der Waals surface area contributed by atoms with Gasteiger partial charge in [-0.15, -0.1) is 11.3 Å². The monoisotopic (exact) mass is 420 g/mol. The highest BCUT2D eigenvalue weighted by Crippen LogP contribution is 2.30. The molecule has 1 aromatic heterocycles. The number of esters is 1. The fourth-order valence-corrected chi connectivity index (χ4v) is 7.33. The van der Waals surface area contributed by atoms with E-state index in [0.29, 0.717) is 26.3 Å². The molecule has 2 aliphatic rings. The van der Waals surface area contributed by atoms with Crippen LogP contribution in [0.5, 0.6) is 0 Å². The first-order chi connectivity index (χ1) is 12.5. The zero-order valence-electron chi connectivity index (χ0n) is 14.8. The van der Waals surface area contributed by atoms with E-state index in [9.17, 15) is 13.2 Å². The number of rotatable bonds is 5. The minimum atomic E-state index is -3.76. The predicted octanol–water partition coefficient (Wildman–Crippen LogP) is 1.36. The smallest absolute Gasteiger partial charge is 0.349 e. The summed E-state index contributed by atoms with van der Waals surface area (Å²) >= 11 is 2.89. The largest absolute Gasteiger partial charge is 0.465 e. The Morgan fingerprint density at radius 2 is 2.12 bits per heavy atom. The van der Waals surface area contributed by atoms with Gasteiger partial charge in [0.2, 0.25) is 10.0 Å². The van der Waals surface area contributed by atoms with E-state index in [1.165, 1.54) is 13.2 Å². The van der Waals surface area contributed by atoms with E-state index in [2.05, 4.69) is 4.90 Å². The normalized spacial score (nSPS) is 23.5. The summed E-state index contributed by atoms with van der Waals surface area (Å²) in [4.78, 5) is 14.4. The van der Waals surface area contributed by atoms with Crippen molar-refractivity contribution < 1.29 is 22.7 Å². The van der Waals surface area contributed by atoms with Gasteiger partial charge in [-0.2, -0.15) is 16.1 Å². The highest BCUT2D eigenvalue weighted by Gasteiger charge is 2.36. The van der Waals surface area contributed by atoms with Crippen LogP contribution in [0.25, 0.3) is 0 Å². The Kier molecular flexibility index (Phi) is 6.98. The van der Waals surface area contributed by atoms with E-state index in [4.69, 9.17) is 9.47 Å². The quantitative estimate of drug-likeness (QED) is 0.666. The molecule has 1 aromatic rings. The number of ether oxygens (including phenoxy) is 2. The van der Waals surface area contributed by atoms with Crippen molar-refractivity contribution in [3.05, 3.63) is 16.3 Å². The summed E-state index contributed by atoms with van der Waals surface area (Å²) in [7, 11) is -2.49. The topological polar surface area (TPSA) is 76.2 Å². The average molecular weight is 421 g/mol. The van der Waals surface area contributed by atoms with Gasteiger partial charge < -0.3 is 9.47 Å². The third kappa shape index (κ3) is 4.42. The summed E-state index contributed by atoms with van der Waals surface area (Å²) in [5, 5.41) is 1.63. The third-order valence-electron chi connectivity index (χ3n) is 4.54. The molecule has 0 saturated carbocycles. The molecule has 2 saturated heterocycles. The number of methoxy groups -OCH3 is 1. The Morgan fingerprint density at radius 3 is 2.85 bits per heavy atom. The van der Waals surface area contributed by atoms with Crippen LogP contribution in [0.1, 0.15) is 16.1 Å². The maximum Gasteiger partial charge on any atom is 0.349 e. The molecule has 1 unspecified atom stereocenters. The highest BCUT2D eigenvalue weighted by molar-refractivity contribution is 7.99. The first-order valence-corrected chi connectivity index (χ1v) is 12.1. The van der Waals surface area contributed by atoms with Crippen LogP contribution < -0.4 is 0 Å². The predicted molar refractivity (Wildman–Crippen MR) is 103 cm³/mol. The summed E-state index contributed by atoms with van der Waals surface area (Å²) in [5.74, 6) is 1.10. The molecular weight excluding hydrogens is 396 g/mol. The number of carbonyl (C=O) groups is 1. The highest BCUT2D eigenvalue weighted by atomic mass is 32.2. The first-order valence-electron chi connectivity index (χ1n) is 8.59. The first kappa shape index (κ1) is 20.1. The molecule has 10 heteroatoms. The van der Waals surface area contributed by atoms with E-state index in [1.54, 1.807) is 21.4 Å². The van der Waals surface area contributed by atoms with Gasteiger partial charge >= 0.3 is 5.97 Å². The number of thiophene rings is 1. The molecule has 1 atom stereocenters. The summed E-state index contributed by atoms with van der Waals surface area (Å²) in [6, 6.07) is 1.40. The summed E-state index contributed by atoms with van der Waals surface area (Å²) in [5.41, 5.74) is 0. The Hall–Kier alpha value is -0.650. The number of hydrogen-bond donors (Lipinski definition) is 0. The van der Waals surface area contributed by atoms with Crippen molar-refractivity contribution in [3.63, 3.8) is 0 Å². The molecule has 0 amide bonds. The molecule has 0 aliphatic carbocycles. The summed E-state index contributed by atoms with van der Waals surface area (Å²) in [6.07, 6.45) is 0.807. The van der Waals surface area contributed by atoms with Gasteiger partial charge in [-0.25, -0.2) is 13.2 Å². The maximum atomic E-state index is 13.4. The molecular formula is C16H24N2O5S3. The summed E-state index contributed by atoms with van der Waals surface area (Å²) < 4.78 is 38.5. The lowest BCUT2D eigenvalue weighted by atomic mass is 10.2. The molecule has 2 aliphatic heterocycles. The van der Waals surface area contributed by atoms with E-state index >= 15 is 0 Å². The minimum absolute atomic E-state index is 0.0632. The number of thioether (sulfide) groups is 1. The van der Waals surface area contributed by atoms with Gasteiger partial charge in [0.25, 0.3) is 0 Å². The molecule has 0 radical (unpaired) electrons. The number of sulfonamides is 1. The number of hydrogen-bond acceptors (Lipinski definition) is 8. The van der Waals surface area contributed by atoms with Gasteiger partial charge in [-0.1, -0.05) is 0 Å². The summed E-state index contributed by atoms with van der Waals surface area (Å²) in [6.45, 7) is 4.17. The zero-order chi connectivity index (χ0) is 18.6. The van der Waals surface area contributed by atoms with Gasteiger partial charge in [-0.05, 0) is 23.6 Å². The Morgan fingerprint density at radius 1 is 1.35 bits per heavy atom.